The van der Waals surface area contributed by atoms with E-state index in [2.05, 4.69) is 44.7 Å². The molecule has 0 saturated carbocycles. The van der Waals surface area contributed by atoms with Gasteiger partial charge in [-0.1, -0.05) is 5.16 Å². The Bertz CT molecular complexity index is 617. The predicted molar refractivity (Wildman–Crippen MR) is 78.9 cm³/mol. The molecular weight excluding hydrogens is 266 g/mol. The molecule has 2 aromatic heterocycles. The van der Waals surface area contributed by atoms with Crippen molar-refractivity contribution in [2.45, 2.75) is 59.2 Å². The van der Waals surface area contributed by atoms with Crippen LogP contribution in [0.25, 0.3) is 0 Å². The zero-order valence-corrected chi connectivity index (χ0v) is 13.2. The lowest BCUT2D eigenvalue weighted by Gasteiger charge is -2.28. The molecule has 0 N–H and O–H groups in total. The van der Waals surface area contributed by atoms with E-state index in [1.165, 1.54) is 18.5 Å². The first-order chi connectivity index (χ1) is 10.0. The van der Waals surface area contributed by atoms with Crippen molar-refractivity contribution in [2.24, 2.45) is 0 Å². The lowest BCUT2D eigenvalue weighted by atomic mass is 10.2. The zero-order valence-electron chi connectivity index (χ0n) is 13.2. The first kappa shape index (κ1) is 14.3. The van der Waals surface area contributed by atoms with Crippen molar-refractivity contribution in [2.75, 3.05) is 6.54 Å². The SMILES string of the molecule is Cc1cc(C)n(C[C@H]2CCCN2[C@@H](C)c2nc(C)no2)n1. The molecule has 1 saturated heterocycles. The average molecular weight is 289 g/mol. The molecule has 0 aromatic carbocycles. The second kappa shape index (κ2) is 5.60. The van der Waals surface area contributed by atoms with Gasteiger partial charge in [0.1, 0.15) is 0 Å². The average Bonchev–Trinajstić information content (AvgIpc) is 3.12. The van der Waals surface area contributed by atoms with Crippen LogP contribution in [-0.4, -0.2) is 37.4 Å². The number of hydrogen-bond acceptors (Lipinski definition) is 5. The normalized spacial score (nSPS) is 21.0. The largest absolute Gasteiger partial charge is 0.338 e. The third-order valence-corrected chi connectivity index (χ3v) is 4.31. The number of aryl methyl sites for hydroxylation is 3. The summed E-state index contributed by atoms with van der Waals surface area (Å²) in [5.74, 6) is 1.42. The van der Waals surface area contributed by atoms with Crippen molar-refractivity contribution in [3.8, 4) is 0 Å². The minimum absolute atomic E-state index is 0.163. The summed E-state index contributed by atoms with van der Waals surface area (Å²) in [7, 11) is 0. The van der Waals surface area contributed by atoms with Gasteiger partial charge in [-0.15, -0.1) is 0 Å². The number of hydrogen-bond donors (Lipinski definition) is 0. The Labute approximate surface area is 125 Å². The van der Waals surface area contributed by atoms with Crippen LogP contribution in [0.5, 0.6) is 0 Å². The highest BCUT2D eigenvalue weighted by atomic mass is 16.5. The predicted octanol–water partition coefficient (Wildman–Crippen LogP) is 2.42. The molecular formula is C15H23N5O. The quantitative estimate of drug-likeness (QED) is 0.865. The molecule has 6 nitrogen and oxygen atoms in total. The summed E-state index contributed by atoms with van der Waals surface area (Å²) in [6.45, 7) is 10.2. The molecule has 0 aliphatic carbocycles. The van der Waals surface area contributed by atoms with E-state index in [0.29, 0.717) is 17.8 Å². The molecule has 3 heterocycles. The van der Waals surface area contributed by atoms with E-state index in [0.717, 1.165) is 18.8 Å². The molecule has 6 heteroatoms. The van der Waals surface area contributed by atoms with Crippen LogP contribution in [0, 0.1) is 20.8 Å². The molecule has 1 aliphatic rings. The molecule has 114 valence electrons. The van der Waals surface area contributed by atoms with Gasteiger partial charge in [0.05, 0.1) is 18.3 Å². The third-order valence-electron chi connectivity index (χ3n) is 4.31. The minimum atomic E-state index is 0.163. The molecule has 21 heavy (non-hydrogen) atoms. The van der Waals surface area contributed by atoms with E-state index in [9.17, 15) is 0 Å². The smallest absolute Gasteiger partial charge is 0.243 e. The Kier molecular flexibility index (Phi) is 3.80. The molecule has 2 aromatic rings. The number of rotatable bonds is 4. The van der Waals surface area contributed by atoms with Crippen molar-refractivity contribution in [3.63, 3.8) is 0 Å². The maximum absolute atomic E-state index is 5.34. The summed E-state index contributed by atoms with van der Waals surface area (Å²) in [4.78, 5) is 6.84. The van der Waals surface area contributed by atoms with E-state index in [1.54, 1.807) is 0 Å². The van der Waals surface area contributed by atoms with Crippen molar-refractivity contribution < 1.29 is 4.52 Å². The van der Waals surface area contributed by atoms with Gasteiger partial charge in [0.2, 0.25) is 5.89 Å². The van der Waals surface area contributed by atoms with Crippen molar-refractivity contribution in [3.05, 3.63) is 29.2 Å². The van der Waals surface area contributed by atoms with Gasteiger partial charge < -0.3 is 4.52 Å². The molecule has 0 unspecified atom stereocenters. The van der Waals surface area contributed by atoms with E-state index in [-0.39, 0.29) is 6.04 Å². The Morgan fingerprint density at radius 3 is 2.81 bits per heavy atom. The van der Waals surface area contributed by atoms with Crippen LogP contribution >= 0.6 is 0 Å². The number of likely N-dealkylation sites (tertiary alicyclic amines) is 1. The van der Waals surface area contributed by atoms with Crippen LogP contribution in [0.4, 0.5) is 0 Å². The van der Waals surface area contributed by atoms with Gasteiger partial charge in [-0.05, 0) is 53.1 Å². The van der Waals surface area contributed by atoms with Crippen molar-refractivity contribution in [1.82, 2.24) is 24.8 Å². The first-order valence-electron chi connectivity index (χ1n) is 7.61. The lowest BCUT2D eigenvalue weighted by Crippen LogP contribution is -2.35. The Balaban J connectivity index is 1.74. The molecule has 1 fully saturated rings. The standard InChI is InChI=1S/C15H23N5O/c1-10-8-11(2)20(17-10)9-14-6-5-7-19(14)12(3)15-16-13(4)18-21-15/h8,12,14H,5-7,9H2,1-4H3/t12-,14+/m0/s1. The second-order valence-electron chi connectivity index (χ2n) is 6.00. The maximum Gasteiger partial charge on any atom is 0.243 e. The third kappa shape index (κ3) is 2.85. The fourth-order valence-corrected chi connectivity index (χ4v) is 3.25. The monoisotopic (exact) mass is 289 g/mol. The molecule has 0 amide bonds. The van der Waals surface area contributed by atoms with Gasteiger partial charge in [0, 0.05) is 11.7 Å². The van der Waals surface area contributed by atoms with Crippen LogP contribution in [0.2, 0.25) is 0 Å². The Morgan fingerprint density at radius 1 is 1.38 bits per heavy atom. The highest BCUT2D eigenvalue weighted by Crippen LogP contribution is 2.29. The highest BCUT2D eigenvalue weighted by molar-refractivity contribution is 5.07. The van der Waals surface area contributed by atoms with Gasteiger partial charge in [0.25, 0.3) is 0 Å². The van der Waals surface area contributed by atoms with E-state index < -0.39 is 0 Å². The molecule has 0 radical (unpaired) electrons. The Hall–Kier alpha value is -1.69. The van der Waals surface area contributed by atoms with Crippen LogP contribution < -0.4 is 0 Å². The highest BCUT2D eigenvalue weighted by Gasteiger charge is 2.32. The second-order valence-corrected chi connectivity index (χ2v) is 6.00. The molecule has 0 spiro atoms. The summed E-state index contributed by atoms with van der Waals surface area (Å²) in [6.07, 6.45) is 2.40. The van der Waals surface area contributed by atoms with E-state index >= 15 is 0 Å². The summed E-state index contributed by atoms with van der Waals surface area (Å²) >= 11 is 0. The van der Waals surface area contributed by atoms with Gasteiger partial charge in [-0.3, -0.25) is 9.58 Å². The van der Waals surface area contributed by atoms with Gasteiger partial charge in [-0.2, -0.15) is 10.1 Å². The fourth-order valence-electron chi connectivity index (χ4n) is 3.25. The van der Waals surface area contributed by atoms with Crippen LogP contribution in [0.15, 0.2) is 10.6 Å². The summed E-state index contributed by atoms with van der Waals surface area (Å²) in [6, 6.07) is 2.77. The number of nitrogens with zero attached hydrogens (tertiary/aromatic N) is 5. The lowest BCUT2D eigenvalue weighted by molar-refractivity contribution is 0.144. The van der Waals surface area contributed by atoms with Crippen molar-refractivity contribution in [1.29, 1.82) is 0 Å². The van der Waals surface area contributed by atoms with E-state index in [1.807, 2.05) is 13.8 Å². The maximum atomic E-state index is 5.34. The summed E-state index contributed by atoms with van der Waals surface area (Å²) in [5, 5.41) is 8.49. The Morgan fingerprint density at radius 2 is 2.19 bits per heavy atom. The molecule has 1 aliphatic heterocycles. The first-order valence-corrected chi connectivity index (χ1v) is 7.61. The van der Waals surface area contributed by atoms with Crippen LogP contribution in [0.3, 0.4) is 0 Å². The molecule has 2 atom stereocenters. The van der Waals surface area contributed by atoms with Gasteiger partial charge >= 0.3 is 0 Å². The number of aromatic nitrogens is 4. The summed E-state index contributed by atoms with van der Waals surface area (Å²) in [5.41, 5.74) is 2.30. The zero-order chi connectivity index (χ0) is 15.0. The van der Waals surface area contributed by atoms with Crippen molar-refractivity contribution >= 4 is 0 Å². The molecule has 0 bridgehead atoms. The summed E-state index contributed by atoms with van der Waals surface area (Å²) < 4.78 is 7.45. The van der Waals surface area contributed by atoms with Gasteiger partial charge in [0.15, 0.2) is 5.82 Å². The van der Waals surface area contributed by atoms with Gasteiger partial charge in [-0.25, -0.2) is 0 Å². The molecule has 3 rings (SSSR count). The van der Waals surface area contributed by atoms with Crippen LogP contribution in [-0.2, 0) is 6.54 Å². The minimum Gasteiger partial charge on any atom is -0.338 e. The van der Waals surface area contributed by atoms with Crippen LogP contribution in [0.1, 0.15) is 48.9 Å². The fraction of sp³-hybridized carbons (Fsp3) is 0.667. The topological polar surface area (TPSA) is 60.0 Å². The van der Waals surface area contributed by atoms with E-state index in [4.69, 9.17) is 4.52 Å².